The van der Waals surface area contributed by atoms with Crippen LogP contribution in [0.2, 0.25) is 0 Å². The van der Waals surface area contributed by atoms with Crippen LogP contribution in [0.3, 0.4) is 0 Å². The van der Waals surface area contributed by atoms with Gasteiger partial charge in [0, 0.05) is 63.5 Å². The molecule has 3 aromatic heterocycles. The molecule has 1 amide bonds. The van der Waals surface area contributed by atoms with Gasteiger partial charge in [0.25, 0.3) is 6.01 Å². The molecular weight excluding hydrogens is 811 g/mol. The van der Waals surface area contributed by atoms with Gasteiger partial charge in [-0.2, -0.15) is 10.1 Å². The highest BCUT2D eigenvalue weighted by atomic mass is 16.6. The monoisotopic (exact) mass is 871 g/mol. The van der Waals surface area contributed by atoms with E-state index in [0.717, 1.165) is 55.9 Å². The van der Waals surface area contributed by atoms with Crippen LogP contribution in [0.1, 0.15) is 29.5 Å². The fourth-order valence-corrected chi connectivity index (χ4v) is 8.75. The summed E-state index contributed by atoms with van der Waals surface area (Å²) in [5.74, 6) is 0.426. The number of anilines is 2. The lowest BCUT2D eigenvalue weighted by molar-refractivity contribution is -0.133. The average Bonchev–Trinajstić information content (AvgIpc) is 4.08. The number of hydrogen-bond donors (Lipinski definition) is 3. The van der Waals surface area contributed by atoms with Crippen molar-refractivity contribution >= 4 is 39.9 Å². The minimum atomic E-state index is 0.0817. The van der Waals surface area contributed by atoms with Crippen molar-refractivity contribution in [3.05, 3.63) is 59.4 Å². The van der Waals surface area contributed by atoms with Crippen molar-refractivity contribution in [1.29, 1.82) is 0 Å². The van der Waals surface area contributed by atoms with Crippen LogP contribution in [-0.2, 0) is 52.7 Å². The van der Waals surface area contributed by atoms with E-state index in [0.29, 0.717) is 151 Å². The summed E-state index contributed by atoms with van der Waals surface area (Å²) in [6.45, 7) is 13.0. The molecule has 0 spiro atoms. The van der Waals surface area contributed by atoms with Gasteiger partial charge < -0.3 is 54.9 Å². The first kappa shape index (κ1) is 44.8. The van der Waals surface area contributed by atoms with Crippen molar-refractivity contribution in [3.63, 3.8) is 0 Å². The minimum absolute atomic E-state index is 0.0817. The molecule has 0 radical (unpaired) electrons. The van der Waals surface area contributed by atoms with E-state index < -0.39 is 0 Å². The molecule has 19 heteroatoms. The lowest BCUT2D eigenvalue weighted by Gasteiger charge is -2.34. The molecule has 2 atom stereocenters. The maximum Gasteiger partial charge on any atom is 0.292 e. The van der Waals surface area contributed by atoms with Gasteiger partial charge in [-0.25, -0.2) is 14.6 Å². The summed E-state index contributed by atoms with van der Waals surface area (Å²) in [5, 5.41) is 5.60. The van der Waals surface area contributed by atoms with E-state index in [4.69, 9.17) is 55.1 Å². The summed E-state index contributed by atoms with van der Waals surface area (Å²) in [6, 6.07) is 13.3. The first-order valence-electron chi connectivity index (χ1n) is 22.1. The highest BCUT2D eigenvalue weighted by Gasteiger charge is 2.42. The van der Waals surface area contributed by atoms with Crippen molar-refractivity contribution in [2.45, 2.75) is 44.4 Å². The molecule has 8 rings (SSSR count). The zero-order chi connectivity index (χ0) is 43.4. The average molecular weight is 872 g/mol. The smallest absolute Gasteiger partial charge is 0.292 e. The fourth-order valence-electron chi connectivity index (χ4n) is 8.75. The molecule has 2 bridgehead atoms. The lowest BCUT2D eigenvalue weighted by Crippen LogP contribution is -2.48. The molecule has 3 aliphatic rings. The molecule has 6 N–H and O–H groups in total. The minimum Gasteiger partial charge on any atom is -0.424 e. The van der Waals surface area contributed by atoms with Gasteiger partial charge in [0.1, 0.15) is 23.4 Å². The molecule has 19 nitrogen and oxygen atoms in total. The first-order chi connectivity index (χ1) is 30.9. The van der Waals surface area contributed by atoms with Gasteiger partial charge in [0.05, 0.1) is 97.6 Å². The summed E-state index contributed by atoms with van der Waals surface area (Å²) in [4.78, 5) is 33.1. The van der Waals surface area contributed by atoms with Gasteiger partial charge in [0.15, 0.2) is 11.2 Å². The highest BCUT2D eigenvalue weighted by Crippen LogP contribution is 2.33. The molecule has 2 saturated heterocycles. The molecule has 0 unspecified atom stereocenters. The van der Waals surface area contributed by atoms with Gasteiger partial charge in [-0.05, 0) is 47.7 Å². The molecule has 340 valence electrons. The van der Waals surface area contributed by atoms with Crippen molar-refractivity contribution in [2.24, 2.45) is 5.73 Å². The third kappa shape index (κ3) is 11.7. The molecule has 3 aliphatic heterocycles. The third-order valence-corrected chi connectivity index (χ3v) is 11.9. The van der Waals surface area contributed by atoms with E-state index in [-0.39, 0.29) is 11.9 Å². The number of piperazine rings is 1. The summed E-state index contributed by atoms with van der Waals surface area (Å²) in [6.07, 6.45) is 3.77. The predicted molar refractivity (Wildman–Crippen MR) is 236 cm³/mol. The second kappa shape index (κ2) is 22.2. The Morgan fingerprint density at radius 1 is 0.762 bits per heavy atom. The number of oxazole rings is 1. The summed E-state index contributed by atoms with van der Waals surface area (Å²) < 4.78 is 41.2. The van der Waals surface area contributed by atoms with E-state index >= 15 is 0 Å². The van der Waals surface area contributed by atoms with Crippen molar-refractivity contribution in [3.8, 4) is 11.3 Å². The van der Waals surface area contributed by atoms with Gasteiger partial charge in [-0.3, -0.25) is 14.6 Å². The van der Waals surface area contributed by atoms with Crippen LogP contribution in [0.4, 0.5) is 11.8 Å². The van der Waals surface area contributed by atoms with Crippen molar-refractivity contribution in [2.75, 3.05) is 130 Å². The predicted octanol–water partition coefficient (Wildman–Crippen LogP) is 1.94. The zero-order valence-corrected chi connectivity index (χ0v) is 36.0. The van der Waals surface area contributed by atoms with Gasteiger partial charge in [-0.15, -0.1) is 0 Å². The third-order valence-electron chi connectivity index (χ3n) is 11.9. The number of rotatable bonds is 26. The van der Waals surface area contributed by atoms with Crippen molar-refractivity contribution in [1.82, 2.24) is 39.4 Å². The molecule has 0 saturated carbocycles. The standard InChI is InChI=1S/C44H61N11O8/c45-7-12-58-16-17-59-13-9-52-28-36-25-35(52)29-53(36)10-14-60-18-20-62-22-21-61-19-15-57-11-6-39(56)54-8-5-32-23-31(1-2-34(32)27-54)26-55-43-40(42(46)48-30-49-43)41(51-55)33-3-4-38-37(24-33)50-44(47)63-38/h1-4,23-24,30,35-36H,5-22,25-29,45H2,(H2,47,50)(H2,46,48,49)/t35-,36-/m0/s1. The number of carbonyl (C=O) groups excluding carboxylic acids is 1. The van der Waals surface area contributed by atoms with Crippen LogP contribution in [0.25, 0.3) is 33.4 Å². The van der Waals surface area contributed by atoms with Crippen molar-refractivity contribution < 1.29 is 37.6 Å². The Labute approximate surface area is 367 Å². The Hall–Kier alpha value is -4.83. The normalized spacial score (nSPS) is 17.8. The number of benzene rings is 2. The van der Waals surface area contributed by atoms with Gasteiger partial charge in [0.2, 0.25) is 5.91 Å². The fraction of sp³-hybridized carbons (Fsp3) is 0.568. The molecule has 5 aromatic rings. The maximum absolute atomic E-state index is 13.1. The Balaban J connectivity index is 0.656. The number of aromatic nitrogens is 5. The summed E-state index contributed by atoms with van der Waals surface area (Å²) in [5.41, 5.74) is 24.3. The van der Waals surface area contributed by atoms with E-state index in [9.17, 15) is 4.79 Å². The Bertz CT molecular complexity index is 2250. The molecule has 2 aromatic carbocycles. The first-order valence-corrected chi connectivity index (χ1v) is 22.1. The highest BCUT2D eigenvalue weighted by molar-refractivity contribution is 5.99. The summed E-state index contributed by atoms with van der Waals surface area (Å²) >= 11 is 0. The van der Waals surface area contributed by atoms with E-state index in [1.165, 1.54) is 18.3 Å². The van der Waals surface area contributed by atoms with E-state index in [2.05, 4.69) is 43.0 Å². The second-order valence-corrected chi connectivity index (χ2v) is 16.1. The van der Waals surface area contributed by atoms with Crippen LogP contribution in [-0.4, -0.2) is 176 Å². The second-order valence-electron chi connectivity index (χ2n) is 16.1. The molecule has 63 heavy (non-hydrogen) atoms. The maximum atomic E-state index is 13.1. The van der Waals surface area contributed by atoms with Crippen LogP contribution < -0.4 is 17.2 Å². The molecule has 0 aliphatic carbocycles. The molecular formula is C44H61N11O8. The number of fused-ring (bicyclic) bond motifs is 5. The number of carbonyl (C=O) groups is 1. The van der Waals surface area contributed by atoms with Gasteiger partial charge >= 0.3 is 0 Å². The largest absolute Gasteiger partial charge is 0.424 e. The SMILES string of the molecule is NCCOCCOCCN1C[C@@H]2C[C@H]1CN2CCOCCOCCOCCOCCC(=O)N1CCc2cc(Cn3nc(-c4ccc5oc(N)nc5c4)c4c(N)ncnc43)ccc2C1. The number of nitrogen functional groups attached to an aromatic ring is 2. The van der Waals surface area contributed by atoms with Crippen LogP contribution >= 0.6 is 0 Å². The van der Waals surface area contributed by atoms with E-state index in [1.807, 2.05) is 27.8 Å². The number of nitrogens with zero attached hydrogens (tertiary/aromatic N) is 8. The molecule has 6 heterocycles. The van der Waals surface area contributed by atoms with Crippen LogP contribution in [0.15, 0.2) is 47.1 Å². The van der Waals surface area contributed by atoms with Crippen LogP contribution in [0.5, 0.6) is 0 Å². The van der Waals surface area contributed by atoms with E-state index in [1.54, 1.807) is 0 Å². The number of ether oxygens (including phenoxy) is 6. The Kier molecular flexibility index (Phi) is 15.8. The zero-order valence-electron chi connectivity index (χ0n) is 36.0. The topological polar surface area (TPSA) is 230 Å². The van der Waals surface area contributed by atoms with Gasteiger partial charge in [-0.1, -0.05) is 18.2 Å². The summed E-state index contributed by atoms with van der Waals surface area (Å²) in [7, 11) is 0. The van der Waals surface area contributed by atoms with Crippen LogP contribution in [0, 0.1) is 0 Å². The number of amides is 1. The Morgan fingerprint density at radius 2 is 1.43 bits per heavy atom. The number of hydrogen-bond acceptors (Lipinski definition) is 17. The molecule has 2 fully saturated rings. The number of likely N-dealkylation sites (tertiary alicyclic amines) is 2. The number of nitrogens with two attached hydrogens (primary N) is 3. The lowest BCUT2D eigenvalue weighted by atomic mass is 9.97. The Morgan fingerprint density at radius 3 is 2.11 bits per heavy atom. The quantitative estimate of drug-likeness (QED) is 0.0675.